The molecule has 0 amide bonds. The molecule has 0 aliphatic heterocycles. The van der Waals surface area contributed by atoms with Gasteiger partial charge in [-0.1, -0.05) is 72.8 Å². The molecule has 0 aliphatic carbocycles. The second kappa shape index (κ2) is 7.68. The van der Waals surface area contributed by atoms with E-state index in [0.29, 0.717) is 0 Å². The van der Waals surface area contributed by atoms with Gasteiger partial charge in [-0.2, -0.15) is 0 Å². The van der Waals surface area contributed by atoms with Gasteiger partial charge in [0.2, 0.25) is 0 Å². The van der Waals surface area contributed by atoms with Crippen LogP contribution in [0.15, 0.2) is 84.9 Å². The van der Waals surface area contributed by atoms with Crippen molar-refractivity contribution in [3.8, 4) is 11.5 Å². The predicted octanol–water partition coefficient (Wildman–Crippen LogP) is 4.86. The summed E-state index contributed by atoms with van der Waals surface area (Å²) < 4.78 is 15.1. The standard InChI is InChI=1S/C20H14O.H3O4P/c1-3-11-17-15(7-1)9-5-13-19(17)21-20-14-6-10-16-8-2-4-12-18(16)20;1-5(2,3)4/h1-14H;(H3,1,2,3,4). The summed E-state index contributed by atoms with van der Waals surface area (Å²) in [6, 6.07) is 28.9. The SMILES string of the molecule is O=P(O)(O)O.c1ccc2c(Oc3cccc4ccccc34)cccc2c1. The minimum atomic E-state index is -4.64. The van der Waals surface area contributed by atoms with Crippen LogP contribution in [0, 0.1) is 0 Å². The van der Waals surface area contributed by atoms with Crippen molar-refractivity contribution in [2.24, 2.45) is 0 Å². The van der Waals surface area contributed by atoms with Crippen LogP contribution in [0.5, 0.6) is 11.5 Å². The summed E-state index contributed by atoms with van der Waals surface area (Å²) in [7, 11) is -4.64. The third-order valence-electron chi connectivity index (χ3n) is 3.72. The van der Waals surface area contributed by atoms with E-state index in [0.717, 1.165) is 22.3 Å². The van der Waals surface area contributed by atoms with Gasteiger partial charge in [-0.05, 0) is 22.9 Å². The molecule has 0 heterocycles. The first-order valence-corrected chi connectivity index (χ1v) is 9.40. The summed E-state index contributed by atoms with van der Waals surface area (Å²) >= 11 is 0. The number of phosphoric acid groups is 1. The smallest absolute Gasteiger partial charge is 0.456 e. The van der Waals surface area contributed by atoms with E-state index in [4.69, 9.17) is 24.0 Å². The van der Waals surface area contributed by atoms with E-state index in [1.54, 1.807) is 0 Å². The fourth-order valence-corrected chi connectivity index (χ4v) is 2.69. The molecule has 0 saturated heterocycles. The summed E-state index contributed by atoms with van der Waals surface area (Å²) in [6.07, 6.45) is 0. The first-order valence-electron chi connectivity index (χ1n) is 7.83. The molecule has 4 aromatic rings. The minimum Gasteiger partial charge on any atom is -0.456 e. The van der Waals surface area contributed by atoms with Crippen molar-refractivity contribution in [3.05, 3.63) is 84.9 Å². The van der Waals surface area contributed by atoms with Gasteiger partial charge in [0.05, 0.1) is 0 Å². The Bertz CT molecular complexity index is 991. The molecule has 132 valence electrons. The first-order chi connectivity index (χ1) is 12.4. The lowest BCUT2D eigenvalue weighted by atomic mass is 10.1. The highest BCUT2D eigenvalue weighted by Crippen LogP contribution is 2.33. The number of fused-ring (bicyclic) bond motifs is 2. The molecule has 0 atom stereocenters. The number of benzene rings is 4. The topological polar surface area (TPSA) is 87.0 Å². The van der Waals surface area contributed by atoms with Gasteiger partial charge in [-0.25, -0.2) is 4.57 Å². The molecule has 0 saturated carbocycles. The van der Waals surface area contributed by atoms with E-state index < -0.39 is 7.82 Å². The lowest BCUT2D eigenvalue weighted by Crippen LogP contribution is -1.87. The average molecular weight is 368 g/mol. The van der Waals surface area contributed by atoms with Crippen LogP contribution in [-0.4, -0.2) is 14.7 Å². The van der Waals surface area contributed by atoms with Crippen molar-refractivity contribution in [3.63, 3.8) is 0 Å². The molecule has 0 unspecified atom stereocenters. The van der Waals surface area contributed by atoms with E-state index in [-0.39, 0.29) is 0 Å². The second-order valence-electron chi connectivity index (χ2n) is 5.57. The van der Waals surface area contributed by atoms with Crippen molar-refractivity contribution in [2.45, 2.75) is 0 Å². The Balaban J connectivity index is 0.000000349. The van der Waals surface area contributed by atoms with Gasteiger partial charge in [-0.3, -0.25) is 0 Å². The van der Waals surface area contributed by atoms with Gasteiger partial charge in [0.1, 0.15) is 11.5 Å². The van der Waals surface area contributed by atoms with Crippen molar-refractivity contribution in [2.75, 3.05) is 0 Å². The molecule has 4 aromatic carbocycles. The Morgan fingerprint density at radius 3 is 1.35 bits per heavy atom. The van der Waals surface area contributed by atoms with E-state index in [9.17, 15) is 0 Å². The highest BCUT2D eigenvalue weighted by molar-refractivity contribution is 7.45. The third-order valence-corrected chi connectivity index (χ3v) is 3.72. The van der Waals surface area contributed by atoms with Gasteiger partial charge < -0.3 is 19.4 Å². The van der Waals surface area contributed by atoms with Crippen LogP contribution in [0.3, 0.4) is 0 Å². The molecule has 5 nitrogen and oxygen atoms in total. The van der Waals surface area contributed by atoms with Crippen LogP contribution in [0.4, 0.5) is 0 Å². The van der Waals surface area contributed by atoms with Crippen LogP contribution >= 0.6 is 7.82 Å². The molecule has 4 rings (SSSR count). The lowest BCUT2D eigenvalue weighted by Gasteiger charge is -2.11. The Hall–Kier alpha value is -2.69. The molecule has 0 radical (unpaired) electrons. The van der Waals surface area contributed by atoms with Crippen LogP contribution in [0.25, 0.3) is 21.5 Å². The second-order valence-corrected chi connectivity index (χ2v) is 6.60. The van der Waals surface area contributed by atoms with Crippen LogP contribution in [-0.2, 0) is 4.57 Å². The Labute approximate surface area is 150 Å². The predicted molar refractivity (Wildman–Crippen MR) is 102 cm³/mol. The monoisotopic (exact) mass is 368 g/mol. The molecular weight excluding hydrogens is 351 g/mol. The Kier molecular flexibility index (Phi) is 5.35. The minimum absolute atomic E-state index is 0.893. The van der Waals surface area contributed by atoms with Crippen LogP contribution in [0.1, 0.15) is 0 Å². The largest absolute Gasteiger partial charge is 0.466 e. The van der Waals surface area contributed by atoms with Gasteiger partial charge in [0, 0.05) is 10.8 Å². The zero-order valence-electron chi connectivity index (χ0n) is 13.7. The summed E-state index contributed by atoms with van der Waals surface area (Å²) in [4.78, 5) is 21.6. The van der Waals surface area contributed by atoms with Gasteiger partial charge >= 0.3 is 7.82 Å². The summed E-state index contributed by atoms with van der Waals surface area (Å²) in [6.45, 7) is 0. The number of ether oxygens (including phenoxy) is 1. The Morgan fingerprint density at radius 2 is 0.923 bits per heavy atom. The summed E-state index contributed by atoms with van der Waals surface area (Å²) in [5, 5.41) is 4.64. The average Bonchev–Trinajstić information content (AvgIpc) is 2.61. The number of hydrogen-bond acceptors (Lipinski definition) is 2. The lowest BCUT2D eigenvalue weighted by molar-refractivity contribution is 0.275. The maximum absolute atomic E-state index is 8.88. The van der Waals surface area contributed by atoms with Crippen molar-refractivity contribution >= 4 is 29.4 Å². The van der Waals surface area contributed by atoms with Gasteiger partial charge in [0.15, 0.2) is 0 Å². The molecule has 6 heteroatoms. The summed E-state index contributed by atoms with van der Waals surface area (Å²) in [5.74, 6) is 1.79. The third kappa shape index (κ3) is 4.69. The molecule has 3 N–H and O–H groups in total. The zero-order valence-corrected chi connectivity index (χ0v) is 14.6. The molecule has 0 fully saturated rings. The molecule has 0 aliphatic rings. The molecule has 0 aromatic heterocycles. The molecular formula is C20H17O5P. The number of hydrogen-bond donors (Lipinski definition) is 3. The van der Waals surface area contributed by atoms with Crippen LogP contribution < -0.4 is 4.74 Å². The molecule has 0 bridgehead atoms. The van der Waals surface area contributed by atoms with Crippen molar-refractivity contribution in [1.82, 2.24) is 0 Å². The fraction of sp³-hybridized carbons (Fsp3) is 0. The highest BCUT2D eigenvalue weighted by atomic mass is 31.2. The first kappa shape index (κ1) is 18.1. The molecule has 26 heavy (non-hydrogen) atoms. The van der Waals surface area contributed by atoms with Crippen molar-refractivity contribution < 1.29 is 24.0 Å². The Morgan fingerprint density at radius 1 is 0.577 bits per heavy atom. The van der Waals surface area contributed by atoms with Crippen LogP contribution in [0.2, 0.25) is 0 Å². The van der Waals surface area contributed by atoms with Gasteiger partial charge in [0.25, 0.3) is 0 Å². The normalized spacial score (nSPS) is 11.0. The zero-order chi connectivity index (χ0) is 18.6. The quantitative estimate of drug-likeness (QED) is 0.440. The maximum atomic E-state index is 8.88. The molecule has 0 spiro atoms. The number of rotatable bonds is 2. The maximum Gasteiger partial charge on any atom is 0.466 e. The van der Waals surface area contributed by atoms with Gasteiger partial charge in [-0.15, -0.1) is 0 Å². The van der Waals surface area contributed by atoms with E-state index >= 15 is 0 Å². The van der Waals surface area contributed by atoms with E-state index in [1.165, 1.54) is 10.8 Å². The van der Waals surface area contributed by atoms with E-state index in [1.807, 2.05) is 48.5 Å². The fourth-order valence-electron chi connectivity index (χ4n) is 2.69. The highest BCUT2D eigenvalue weighted by Gasteiger charge is 2.05. The summed E-state index contributed by atoms with van der Waals surface area (Å²) in [5.41, 5.74) is 0. The van der Waals surface area contributed by atoms with Crippen molar-refractivity contribution in [1.29, 1.82) is 0 Å². The van der Waals surface area contributed by atoms with E-state index in [2.05, 4.69) is 36.4 Å².